The van der Waals surface area contributed by atoms with Crippen LogP contribution in [0.4, 0.5) is 10.7 Å². The third kappa shape index (κ3) is 5.07. The van der Waals surface area contributed by atoms with E-state index in [9.17, 15) is 9.59 Å². The number of amides is 1. The van der Waals surface area contributed by atoms with Crippen LogP contribution < -0.4 is 15.8 Å². The maximum Gasteiger partial charge on any atom is 0.407 e. The summed E-state index contributed by atoms with van der Waals surface area (Å²) >= 11 is 0. The second-order valence-corrected chi connectivity index (χ2v) is 9.67. The molecule has 29 heavy (non-hydrogen) atoms. The summed E-state index contributed by atoms with van der Waals surface area (Å²) in [5.41, 5.74) is -0.331. The van der Waals surface area contributed by atoms with E-state index in [1.807, 2.05) is 41.5 Å². The van der Waals surface area contributed by atoms with Gasteiger partial charge in [0.15, 0.2) is 5.65 Å². The molecule has 0 atom stereocenters. The average molecular weight is 405 g/mol. The largest absolute Gasteiger partial charge is 0.444 e. The number of fused-ring (bicyclic) bond motifs is 1. The first-order valence-electron chi connectivity index (χ1n) is 10.1. The highest BCUT2D eigenvalue weighted by atomic mass is 16.6. The van der Waals surface area contributed by atoms with Crippen LogP contribution in [-0.4, -0.2) is 51.1 Å². The van der Waals surface area contributed by atoms with Gasteiger partial charge in [-0.25, -0.2) is 9.48 Å². The Morgan fingerprint density at radius 1 is 1.24 bits per heavy atom. The van der Waals surface area contributed by atoms with Crippen molar-refractivity contribution < 1.29 is 9.53 Å². The maximum atomic E-state index is 12.5. The average Bonchev–Trinajstić information content (AvgIpc) is 3.04. The Morgan fingerprint density at radius 2 is 1.90 bits per heavy atom. The van der Waals surface area contributed by atoms with E-state index in [0.29, 0.717) is 29.4 Å². The molecule has 0 bridgehead atoms. The van der Waals surface area contributed by atoms with E-state index >= 15 is 0 Å². The zero-order valence-electron chi connectivity index (χ0n) is 18.2. The minimum absolute atomic E-state index is 0.172. The van der Waals surface area contributed by atoms with Crippen LogP contribution in [0.15, 0.2) is 11.0 Å². The number of H-pyrrole nitrogens is 1. The van der Waals surface area contributed by atoms with Gasteiger partial charge in [-0.15, -0.1) is 0 Å². The number of aromatic amines is 1. The van der Waals surface area contributed by atoms with E-state index < -0.39 is 5.60 Å². The van der Waals surface area contributed by atoms with Gasteiger partial charge in [0.05, 0.1) is 11.7 Å². The molecule has 0 unspecified atom stereocenters. The Kier molecular flexibility index (Phi) is 5.60. The Labute approximate surface area is 170 Å². The summed E-state index contributed by atoms with van der Waals surface area (Å²) in [6.45, 7) is 13.8. The Hall–Kier alpha value is -2.58. The molecule has 9 heteroatoms. The van der Waals surface area contributed by atoms with Crippen LogP contribution in [0, 0.1) is 5.92 Å². The summed E-state index contributed by atoms with van der Waals surface area (Å²) in [6, 6.07) is 0. The molecule has 3 rings (SSSR count). The molecule has 1 fully saturated rings. The number of rotatable bonds is 3. The molecule has 1 amide bonds. The van der Waals surface area contributed by atoms with Gasteiger partial charge in [0.1, 0.15) is 11.0 Å². The third-order valence-electron chi connectivity index (χ3n) is 4.91. The number of aromatic nitrogens is 4. The van der Waals surface area contributed by atoms with Gasteiger partial charge in [-0.3, -0.25) is 9.78 Å². The van der Waals surface area contributed by atoms with E-state index in [-0.39, 0.29) is 17.2 Å². The lowest BCUT2D eigenvalue weighted by Gasteiger charge is -2.32. The van der Waals surface area contributed by atoms with Crippen molar-refractivity contribution >= 4 is 23.1 Å². The molecule has 0 aromatic carbocycles. The Morgan fingerprint density at radius 3 is 2.48 bits per heavy atom. The number of alkyl carbamates (subject to hydrolysis) is 1. The molecule has 0 saturated carbocycles. The van der Waals surface area contributed by atoms with Gasteiger partial charge in [0, 0.05) is 19.6 Å². The van der Waals surface area contributed by atoms with Gasteiger partial charge in [0.25, 0.3) is 5.56 Å². The van der Waals surface area contributed by atoms with Crippen molar-refractivity contribution in [3.63, 3.8) is 0 Å². The van der Waals surface area contributed by atoms with Gasteiger partial charge in [-0.1, -0.05) is 0 Å². The highest BCUT2D eigenvalue weighted by Gasteiger charge is 2.25. The standard InChI is InChI=1S/C20H32N6O3/c1-19(2,3)26-15-14(12-22-26)16(27)24-17(23-15)25-9-7-13(8-10-25)11-21-18(28)29-20(4,5)6/h12-13H,7-11H2,1-6H3,(H,21,28)(H,23,24,27). The summed E-state index contributed by atoms with van der Waals surface area (Å²) in [5.74, 6) is 0.946. The highest BCUT2D eigenvalue weighted by molar-refractivity contribution is 5.74. The number of carbonyl (C=O) groups excluding carboxylic acids is 1. The minimum atomic E-state index is -0.497. The zero-order chi connectivity index (χ0) is 21.4. The minimum Gasteiger partial charge on any atom is -0.444 e. The smallest absolute Gasteiger partial charge is 0.407 e. The fraction of sp³-hybridized carbons (Fsp3) is 0.700. The van der Waals surface area contributed by atoms with Crippen LogP contribution in [0.3, 0.4) is 0 Å². The molecule has 1 aliphatic rings. The number of ether oxygens (including phenoxy) is 1. The highest BCUT2D eigenvalue weighted by Crippen LogP contribution is 2.23. The normalized spacial score (nSPS) is 16.3. The van der Waals surface area contributed by atoms with Crippen LogP contribution in [0.25, 0.3) is 11.0 Å². The van der Waals surface area contributed by atoms with Crippen LogP contribution in [0.5, 0.6) is 0 Å². The van der Waals surface area contributed by atoms with Crippen molar-refractivity contribution in [1.29, 1.82) is 0 Å². The van der Waals surface area contributed by atoms with Crippen molar-refractivity contribution in [2.75, 3.05) is 24.5 Å². The molecule has 2 aromatic rings. The summed E-state index contributed by atoms with van der Waals surface area (Å²) in [7, 11) is 0. The number of nitrogens with one attached hydrogen (secondary N) is 2. The molecule has 1 aliphatic heterocycles. The van der Waals surface area contributed by atoms with Gasteiger partial charge in [-0.2, -0.15) is 10.1 Å². The summed E-state index contributed by atoms with van der Waals surface area (Å²) in [5, 5.41) is 7.71. The Bertz CT molecular complexity index is 926. The van der Waals surface area contributed by atoms with E-state index in [0.717, 1.165) is 25.9 Å². The second kappa shape index (κ2) is 7.68. The Balaban J connectivity index is 1.64. The molecule has 1 saturated heterocycles. The number of hydrogen-bond donors (Lipinski definition) is 2. The monoisotopic (exact) mass is 404 g/mol. The predicted molar refractivity (Wildman–Crippen MR) is 112 cm³/mol. The van der Waals surface area contributed by atoms with E-state index in [4.69, 9.17) is 9.72 Å². The number of nitrogens with zero attached hydrogens (tertiary/aromatic N) is 4. The SMILES string of the molecule is CC(C)(C)OC(=O)NCC1CCN(c2nc3c(cnn3C(C)(C)C)c(=O)[nH]2)CC1. The van der Waals surface area contributed by atoms with E-state index in [1.165, 1.54) is 0 Å². The second-order valence-electron chi connectivity index (χ2n) is 9.67. The first kappa shape index (κ1) is 21.1. The maximum absolute atomic E-state index is 12.5. The molecule has 0 spiro atoms. The molecule has 0 aliphatic carbocycles. The van der Waals surface area contributed by atoms with Crippen LogP contribution >= 0.6 is 0 Å². The quantitative estimate of drug-likeness (QED) is 0.815. The predicted octanol–water partition coefficient (Wildman–Crippen LogP) is 2.62. The van der Waals surface area contributed by atoms with Crippen molar-refractivity contribution in [1.82, 2.24) is 25.1 Å². The number of carbonyl (C=O) groups is 1. The molecule has 160 valence electrons. The lowest BCUT2D eigenvalue weighted by molar-refractivity contribution is 0.0516. The molecule has 2 N–H and O–H groups in total. The fourth-order valence-electron chi connectivity index (χ4n) is 3.44. The van der Waals surface area contributed by atoms with Crippen molar-refractivity contribution in [3.05, 3.63) is 16.6 Å². The lowest BCUT2D eigenvalue weighted by Crippen LogP contribution is -2.41. The number of anilines is 1. The van der Waals surface area contributed by atoms with E-state index in [1.54, 1.807) is 10.9 Å². The number of piperidine rings is 1. The van der Waals surface area contributed by atoms with Crippen molar-refractivity contribution in [3.8, 4) is 0 Å². The van der Waals surface area contributed by atoms with Crippen LogP contribution in [0.2, 0.25) is 0 Å². The van der Waals surface area contributed by atoms with Crippen molar-refractivity contribution in [2.45, 2.75) is 65.5 Å². The lowest BCUT2D eigenvalue weighted by atomic mass is 9.97. The van der Waals surface area contributed by atoms with Crippen LogP contribution in [0.1, 0.15) is 54.4 Å². The molecular weight excluding hydrogens is 372 g/mol. The fourth-order valence-corrected chi connectivity index (χ4v) is 3.44. The van der Waals surface area contributed by atoms with Gasteiger partial charge < -0.3 is 15.0 Å². The van der Waals surface area contributed by atoms with Gasteiger partial charge >= 0.3 is 6.09 Å². The van der Waals surface area contributed by atoms with Crippen molar-refractivity contribution in [2.24, 2.45) is 5.92 Å². The topological polar surface area (TPSA) is 105 Å². The summed E-state index contributed by atoms with van der Waals surface area (Å²) in [6.07, 6.45) is 2.99. The summed E-state index contributed by atoms with van der Waals surface area (Å²) < 4.78 is 7.08. The van der Waals surface area contributed by atoms with E-state index in [2.05, 4.69) is 20.3 Å². The molecule has 0 radical (unpaired) electrons. The van der Waals surface area contributed by atoms with Gasteiger partial charge in [-0.05, 0) is 60.3 Å². The molecule has 3 heterocycles. The zero-order valence-corrected chi connectivity index (χ0v) is 18.2. The molecule has 2 aromatic heterocycles. The van der Waals surface area contributed by atoms with Crippen LogP contribution in [-0.2, 0) is 10.3 Å². The van der Waals surface area contributed by atoms with Gasteiger partial charge in [0.2, 0.25) is 5.95 Å². The summed E-state index contributed by atoms with van der Waals surface area (Å²) in [4.78, 5) is 34.0. The first-order valence-corrected chi connectivity index (χ1v) is 10.1. The first-order chi connectivity index (χ1) is 13.4. The molecule has 9 nitrogen and oxygen atoms in total. The molecular formula is C20H32N6O3. The number of hydrogen-bond acceptors (Lipinski definition) is 6. The third-order valence-corrected chi connectivity index (χ3v) is 4.91.